The van der Waals surface area contributed by atoms with E-state index in [1.165, 1.54) is 0 Å². The highest BCUT2D eigenvalue weighted by Crippen LogP contribution is 2.25. The van der Waals surface area contributed by atoms with Gasteiger partial charge in [-0.1, -0.05) is 0 Å². The maximum Gasteiger partial charge on any atom is 0.0931 e. The van der Waals surface area contributed by atoms with Gasteiger partial charge in [0.25, 0.3) is 0 Å². The minimum absolute atomic E-state index is 0.276. The van der Waals surface area contributed by atoms with Crippen LogP contribution in [0.2, 0.25) is 0 Å². The smallest absolute Gasteiger partial charge is 0.0931 e. The second-order valence-electron chi connectivity index (χ2n) is 4.73. The molecule has 2 heterocycles. The summed E-state index contributed by atoms with van der Waals surface area (Å²) in [5.74, 6) is 0.594. The molecule has 1 fully saturated rings. The van der Waals surface area contributed by atoms with Gasteiger partial charge < -0.3 is 15.1 Å². The zero-order chi connectivity index (χ0) is 12.3. The van der Waals surface area contributed by atoms with Crippen LogP contribution in [0.5, 0.6) is 0 Å². The van der Waals surface area contributed by atoms with E-state index >= 15 is 0 Å². The van der Waals surface area contributed by atoms with Crippen molar-refractivity contribution < 1.29 is 10.2 Å². The van der Waals surface area contributed by atoms with Crippen LogP contribution in [0, 0.1) is 5.92 Å². The summed E-state index contributed by atoms with van der Waals surface area (Å²) in [5, 5.41) is 18.3. The van der Waals surface area contributed by atoms with Crippen LogP contribution in [0.15, 0.2) is 18.3 Å². The predicted molar refractivity (Wildman–Crippen MR) is 66.9 cm³/mol. The number of hydrogen-bond donors (Lipinski definition) is 2. The Bertz CT molecular complexity index is 351. The lowest BCUT2D eigenvalue weighted by atomic mass is 10.1. The molecule has 1 aliphatic heterocycles. The lowest BCUT2D eigenvalue weighted by molar-refractivity contribution is 0.194. The van der Waals surface area contributed by atoms with E-state index in [0.29, 0.717) is 11.6 Å². The van der Waals surface area contributed by atoms with Gasteiger partial charge in [-0.25, -0.2) is 0 Å². The fourth-order valence-electron chi connectivity index (χ4n) is 2.32. The van der Waals surface area contributed by atoms with E-state index in [4.69, 9.17) is 5.11 Å². The normalized spacial score (nSPS) is 21.8. The van der Waals surface area contributed by atoms with Gasteiger partial charge in [-0.3, -0.25) is 4.98 Å². The topological polar surface area (TPSA) is 56.6 Å². The molecule has 0 radical (unpaired) electrons. The Morgan fingerprint density at radius 3 is 2.94 bits per heavy atom. The van der Waals surface area contributed by atoms with Crippen LogP contribution in [0.1, 0.15) is 31.6 Å². The van der Waals surface area contributed by atoms with Gasteiger partial charge in [0.15, 0.2) is 0 Å². The van der Waals surface area contributed by atoms with Crippen LogP contribution in [-0.2, 0) is 0 Å². The Kier molecular flexibility index (Phi) is 3.97. The first kappa shape index (κ1) is 12.3. The van der Waals surface area contributed by atoms with Crippen molar-refractivity contribution in [3.8, 4) is 0 Å². The second-order valence-corrected chi connectivity index (χ2v) is 4.73. The molecular weight excluding hydrogens is 216 g/mol. The van der Waals surface area contributed by atoms with E-state index in [-0.39, 0.29) is 6.61 Å². The Balaban J connectivity index is 1.99. The highest BCUT2D eigenvalue weighted by molar-refractivity contribution is 5.45. The summed E-state index contributed by atoms with van der Waals surface area (Å²) >= 11 is 0. The zero-order valence-corrected chi connectivity index (χ0v) is 10.2. The average molecular weight is 236 g/mol. The third-order valence-electron chi connectivity index (χ3n) is 3.39. The molecule has 0 saturated carbocycles. The van der Waals surface area contributed by atoms with Crippen molar-refractivity contribution in [3.63, 3.8) is 0 Å². The van der Waals surface area contributed by atoms with Gasteiger partial charge in [0.1, 0.15) is 0 Å². The summed E-state index contributed by atoms with van der Waals surface area (Å²) in [6, 6.07) is 3.88. The van der Waals surface area contributed by atoms with Crippen molar-refractivity contribution in [1.29, 1.82) is 0 Å². The van der Waals surface area contributed by atoms with Crippen LogP contribution < -0.4 is 4.90 Å². The summed E-state index contributed by atoms with van der Waals surface area (Å²) < 4.78 is 0. The summed E-state index contributed by atoms with van der Waals surface area (Å²) in [4.78, 5) is 6.54. The van der Waals surface area contributed by atoms with Gasteiger partial charge in [0.2, 0.25) is 0 Å². The summed E-state index contributed by atoms with van der Waals surface area (Å²) in [5.41, 5.74) is 1.81. The molecule has 0 spiro atoms. The van der Waals surface area contributed by atoms with E-state index in [1.807, 2.05) is 18.3 Å². The number of aliphatic hydroxyl groups is 2. The fourth-order valence-corrected chi connectivity index (χ4v) is 2.32. The molecule has 4 nitrogen and oxygen atoms in total. The van der Waals surface area contributed by atoms with Crippen LogP contribution in [-0.4, -0.2) is 34.9 Å². The molecule has 1 aromatic heterocycles. The quantitative estimate of drug-likeness (QED) is 0.828. The SMILES string of the molecule is C[C@@H](O)c1ccc(N2CCC(CCO)C2)cn1. The molecule has 1 saturated heterocycles. The highest BCUT2D eigenvalue weighted by Gasteiger charge is 2.22. The number of anilines is 1. The van der Waals surface area contributed by atoms with E-state index in [9.17, 15) is 5.11 Å². The Morgan fingerprint density at radius 2 is 2.35 bits per heavy atom. The Hall–Kier alpha value is -1.13. The monoisotopic (exact) mass is 236 g/mol. The first-order valence-corrected chi connectivity index (χ1v) is 6.20. The number of nitrogens with zero attached hydrogens (tertiary/aromatic N) is 2. The third kappa shape index (κ3) is 2.96. The highest BCUT2D eigenvalue weighted by atomic mass is 16.3. The Labute approximate surface area is 102 Å². The van der Waals surface area contributed by atoms with Crippen molar-refractivity contribution >= 4 is 5.69 Å². The molecule has 17 heavy (non-hydrogen) atoms. The lowest BCUT2D eigenvalue weighted by Gasteiger charge is -2.18. The molecule has 0 bridgehead atoms. The van der Waals surface area contributed by atoms with Gasteiger partial charge in [0.05, 0.1) is 23.7 Å². The minimum atomic E-state index is -0.509. The van der Waals surface area contributed by atoms with Crippen LogP contribution >= 0.6 is 0 Å². The number of aliphatic hydroxyl groups excluding tert-OH is 2. The van der Waals surface area contributed by atoms with E-state index in [2.05, 4.69) is 9.88 Å². The van der Waals surface area contributed by atoms with Crippen molar-refractivity contribution in [2.75, 3.05) is 24.6 Å². The number of aromatic nitrogens is 1. The molecule has 0 aliphatic carbocycles. The van der Waals surface area contributed by atoms with Crippen molar-refractivity contribution in [3.05, 3.63) is 24.0 Å². The Morgan fingerprint density at radius 1 is 1.53 bits per heavy atom. The number of hydrogen-bond acceptors (Lipinski definition) is 4. The van der Waals surface area contributed by atoms with Gasteiger partial charge in [-0.15, -0.1) is 0 Å². The van der Waals surface area contributed by atoms with Gasteiger partial charge in [-0.2, -0.15) is 0 Å². The van der Waals surface area contributed by atoms with E-state index < -0.39 is 6.10 Å². The van der Waals surface area contributed by atoms with Crippen LogP contribution in [0.4, 0.5) is 5.69 Å². The lowest BCUT2D eigenvalue weighted by Crippen LogP contribution is -2.20. The molecule has 94 valence electrons. The molecule has 2 rings (SSSR count). The summed E-state index contributed by atoms with van der Waals surface area (Å²) in [6.45, 7) is 4.02. The zero-order valence-electron chi connectivity index (χ0n) is 10.2. The van der Waals surface area contributed by atoms with Gasteiger partial charge in [-0.05, 0) is 37.8 Å². The third-order valence-corrected chi connectivity index (χ3v) is 3.39. The molecule has 1 unspecified atom stereocenters. The molecule has 1 aromatic rings. The van der Waals surface area contributed by atoms with Crippen LogP contribution in [0.25, 0.3) is 0 Å². The van der Waals surface area contributed by atoms with Crippen molar-refractivity contribution in [1.82, 2.24) is 4.98 Å². The van der Waals surface area contributed by atoms with Crippen LogP contribution in [0.3, 0.4) is 0 Å². The van der Waals surface area contributed by atoms with Gasteiger partial charge in [0, 0.05) is 19.7 Å². The van der Waals surface area contributed by atoms with Gasteiger partial charge >= 0.3 is 0 Å². The molecule has 0 amide bonds. The summed E-state index contributed by atoms with van der Waals surface area (Å²) in [7, 11) is 0. The number of rotatable bonds is 4. The van der Waals surface area contributed by atoms with E-state index in [0.717, 1.165) is 31.6 Å². The summed E-state index contributed by atoms with van der Waals surface area (Å²) in [6.07, 6.45) is 3.34. The second kappa shape index (κ2) is 5.47. The van der Waals surface area contributed by atoms with Crippen molar-refractivity contribution in [2.24, 2.45) is 5.92 Å². The predicted octanol–water partition coefficient (Wildman–Crippen LogP) is 1.34. The number of pyridine rings is 1. The molecule has 4 heteroatoms. The molecule has 0 aromatic carbocycles. The molecule has 2 N–H and O–H groups in total. The maximum atomic E-state index is 9.39. The fraction of sp³-hybridized carbons (Fsp3) is 0.615. The maximum absolute atomic E-state index is 9.39. The molecular formula is C13H20N2O2. The average Bonchev–Trinajstić information content (AvgIpc) is 2.78. The minimum Gasteiger partial charge on any atom is -0.396 e. The first-order chi connectivity index (χ1) is 8.20. The molecule has 2 atom stereocenters. The van der Waals surface area contributed by atoms with Crippen molar-refractivity contribution in [2.45, 2.75) is 25.9 Å². The van der Waals surface area contributed by atoms with E-state index in [1.54, 1.807) is 6.92 Å². The first-order valence-electron chi connectivity index (χ1n) is 6.20. The largest absolute Gasteiger partial charge is 0.396 e. The molecule has 1 aliphatic rings. The standard InChI is InChI=1S/C13H20N2O2/c1-10(17)13-3-2-12(8-14-13)15-6-4-11(9-15)5-7-16/h2-3,8,10-11,16-17H,4-7,9H2,1H3/t10-,11?/m1/s1.